The lowest BCUT2D eigenvalue weighted by atomic mass is 9.49. The summed E-state index contributed by atoms with van der Waals surface area (Å²) < 4.78 is 4.92. The fourth-order valence-corrected chi connectivity index (χ4v) is 5.50. The maximum atomic E-state index is 11.8. The zero-order valence-corrected chi connectivity index (χ0v) is 15.1. The van der Waals surface area contributed by atoms with Gasteiger partial charge in [-0.05, 0) is 55.8 Å². The van der Waals surface area contributed by atoms with Gasteiger partial charge in [-0.15, -0.1) is 0 Å². The Morgan fingerprint density at radius 3 is 2.71 bits per heavy atom. The minimum Gasteiger partial charge on any atom is -0.459 e. The first-order valence-electron chi connectivity index (χ1n) is 9.17. The molecule has 3 aliphatic rings. The minimum atomic E-state index is -0.792. The summed E-state index contributed by atoms with van der Waals surface area (Å²) in [5.74, 6) is 0.0865. The number of ether oxygens (including phenoxy) is 1. The van der Waals surface area contributed by atoms with Crippen molar-refractivity contribution in [2.24, 2.45) is 16.7 Å². The maximum absolute atomic E-state index is 11.8. The summed E-state index contributed by atoms with van der Waals surface area (Å²) in [5.41, 5.74) is 3.27. The molecule has 2 aliphatic carbocycles. The highest BCUT2D eigenvalue weighted by molar-refractivity contribution is 5.91. The fraction of sp³-hybridized carbons (Fsp3) is 0.750. The molecule has 134 valence electrons. The van der Waals surface area contributed by atoms with Crippen LogP contribution in [0.5, 0.6) is 0 Å². The van der Waals surface area contributed by atoms with Crippen LogP contribution in [-0.4, -0.2) is 35.5 Å². The first kappa shape index (κ1) is 17.7. The number of aliphatic hydroxyl groups excluding tert-OH is 2. The van der Waals surface area contributed by atoms with E-state index in [9.17, 15) is 15.0 Å². The lowest BCUT2D eigenvalue weighted by Gasteiger charge is -2.55. The number of rotatable bonds is 3. The van der Waals surface area contributed by atoms with Crippen LogP contribution >= 0.6 is 0 Å². The molecule has 2 fully saturated rings. The van der Waals surface area contributed by atoms with Crippen molar-refractivity contribution in [3.8, 4) is 0 Å². The summed E-state index contributed by atoms with van der Waals surface area (Å²) in [6, 6.07) is 0. The predicted octanol–water partition coefficient (Wildman–Crippen LogP) is 3.14. The summed E-state index contributed by atoms with van der Waals surface area (Å²) >= 11 is 0. The van der Waals surface area contributed by atoms with Crippen LogP contribution in [-0.2, 0) is 9.53 Å². The van der Waals surface area contributed by atoms with E-state index in [0.29, 0.717) is 17.9 Å². The Morgan fingerprint density at radius 2 is 2.08 bits per heavy atom. The van der Waals surface area contributed by atoms with Gasteiger partial charge in [-0.3, -0.25) is 0 Å². The van der Waals surface area contributed by atoms with Crippen molar-refractivity contribution in [1.29, 1.82) is 0 Å². The van der Waals surface area contributed by atoms with Gasteiger partial charge in [0.2, 0.25) is 0 Å². The molecule has 1 aliphatic heterocycles. The Bertz CT molecular complexity index is 590. The van der Waals surface area contributed by atoms with Crippen molar-refractivity contribution < 1.29 is 19.7 Å². The summed E-state index contributed by atoms with van der Waals surface area (Å²) in [4.78, 5) is 11.8. The molecular weight excluding hydrogens is 304 g/mol. The second-order valence-electron chi connectivity index (χ2n) is 8.41. The van der Waals surface area contributed by atoms with Gasteiger partial charge < -0.3 is 14.9 Å². The van der Waals surface area contributed by atoms with Crippen molar-refractivity contribution in [3.63, 3.8) is 0 Å². The number of carbonyl (C=O) groups excluding carboxylic acids is 1. The van der Waals surface area contributed by atoms with Crippen LogP contribution in [0.1, 0.15) is 59.3 Å². The van der Waals surface area contributed by atoms with Crippen LogP contribution < -0.4 is 0 Å². The van der Waals surface area contributed by atoms with Crippen molar-refractivity contribution >= 4 is 5.97 Å². The van der Waals surface area contributed by atoms with Crippen LogP contribution in [0.15, 0.2) is 22.8 Å². The lowest BCUT2D eigenvalue weighted by Crippen LogP contribution is -2.48. The molecule has 0 aromatic carbocycles. The molecule has 0 aromatic heterocycles. The van der Waals surface area contributed by atoms with Gasteiger partial charge in [0.15, 0.2) is 0 Å². The zero-order chi connectivity index (χ0) is 17.5. The van der Waals surface area contributed by atoms with Gasteiger partial charge in [-0.25, -0.2) is 4.79 Å². The number of carbonyl (C=O) groups is 1. The molecule has 1 saturated heterocycles. The highest BCUT2D eigenvalue weighted by atomic mass is 16.6. The summed E-state index contributed by atoms with van der Waals surface area (Å²) in [5, 5.41) is 19.9. The number of allylic oxidation sites excluding steroid dienone is 3. The number of hydrogen-bond donors (Lipinski definition) is 2. The molecule has 1 heterocycles. The van der Waals surface area contributed by atoms with E-state index in [2.05, 4.69) is 20.8 Å². The Kier molecular flexibility index (Phi) is 4.65. The van der Waals surface area contributed by atoms with Gasteiger partial charge in [0.1, 0.15) is 12.7 Å². The largest absolute Gasteiger partial charge is 0.459 e. The molecule has 4 atom stereocenters. The third kappa shape index (κ3) is 2.74. The lowest BCUT2D eigenvalue weighted by molar-refractivity contribution is -0.135. The average molecular weight is 334 g/mol. The highest BCUT2D eigenvalue weighted by Crippen LogP contribution is 2.60. The molecule has 0 amide bonds. The third-order valence-corrected chi connectivity index (χ3v) is 6.92. The zero-order valence-electron chi connectivity index (χ0n) is 15.1. The van der Waals surface area contributed by atoms with Gasteiger partial charge >= 0.3 is 5.97 Å². The van der Waals surface area contributed by atoms with E-state index in [-0.39, 0.29) is 30.0 Å². The maximum Gasteiger partial charge on any atom is 0.336 e. The molecule has 0 spiro atoms. The average Bonchev–Trinajstić information content (AvgIpc) is 2.85. The normalized spacial score (nSPS) is 41.5. The third-order valence-electron chi connectivity index (χ3n) is 6.92. The van der Waals surface area contributed by atoms with Crippen LogP contribution in [0.4, 0.5) is 0 Å². The minimum absolute atomic E-state index is 0.0160. The second kappa shape index (κ2) is 6.30. The number of fused-ring (bicyclic) bond motifs is 1. The molecule has 2 N–H and O–H groups in total. The SMILES string of the molecule is CC1=C(C/C=C2/C(=O)OC[C@H]2O)[C@]2(C)CCC[C@@](C)(CO)[C@H]2CC1. The monoisotopic (exact) mass is 334 g/mol. The quantitative estimate of drug-likeness (QED) is 0.473. The first-order chi connectivity index (χ1) is 11.3. The topological polar surface area (TPSA) is 66.8 Å². The number of hydrogen-bond acceptors (Lipinski definition) is 4. The molecule has 4 nitrogen and oxygen atoms in total. The summed E-state index contributed by atoms with van der Waals surface area (Å²) in [7, 11) is 0. The van der Waals surface area contributed by atoms with E-state index < -0.39 is 6.10 Å². The number of esters is 1. The Labute approximate surface area is 144 Å². The van der Waals surface area contributed by atoms with Gasteiger partial charge in [-0.2, -0.15) is 0 Å². The van der Waals surface area contributed by atoms with Crippen LogP contribution in [0.25, 0.3) is 0 Å². The molecule has 24 heavy (non-hydrogen) atoms. The van der Waals surface area contributed by atoms with Gasteiger partial charge in [-0.1, -0.05) is 37.5 Å². The highest BCUT2D eigenvalue weighted by Gasteiger charge is 2.51. The predicted molar refractivity (Wildman–Crippen MR) is 92.2 cm³/mol. The Hall–Kier alpha value is -1.13. The number of cyclic esters (lactones) is 1. The molecule has 0 aromatic rings. The van der Waals surface area contributed by atoms with E-state index in [0.717, 1.165) is 32.1 Å². The molecule has 3 rings (SSSR count). The standard InChI is InChI=1S/C20H30O4/c1-13-5-8-17-19(2,12-21)9-4-10-20(17,3)15(13)7-6-14-16(22)11-24-18(14)23/h6,16-17,21-22H,4-5,7-12H2,1-3H3/b14-6+/t16-,17-,19+,20+/m1/s1. The first-order valence-corrected chi connectivity index (χ1v) is 9.17. The van der Waals surface area contributed by atoms with Crippen molar-refractivity contribution in [2.45, 2.75) is 65.4 Å². The van der Waals surface area contributed by atoms with E-state index in [1.807, 2.05) is 6.08 Å². The van der Waals surface area contributed by atoms with E-state index in [4.69, 9.17) is 4.74 Å². The van der Waals surface area contributed by atoms with Crippen LogP contribution in [0.3, 0.4) is 0 Å². The molecular formula is C20H30O4. The summed E-state index contributed by atoms with van der Waals surface area (Å²) in [6.07, 6.45) is 7.31. The molecule has 0 unspecified atom stereocenters. The van der Waals surface area contributed by atoms with Crippen molar-refractivity contribution in [3.05, 3.63) is 22.8 Å². The smallest absolute Gasteiger partial charge is 0.336 e. The second-order valence-corrected chi connectivity index (χ2v) is 8.41. The molecule has 1 saturated carbocycles. The van der Waals surface area contributed by atoms with Crippen LogP contribution in [0.2, 0.25) is 0 Å². The van der Waals surface area contributed by atoms with Crippen molar-refractivity contribution in [1.82, 2.24) is 0 Å². The van der Waals surface area contributed by atoms with Gasteiger partial charge in [0.25, 0.3) is 0 Å². The number of aliphatic hydroxyl groups is 2. The Morgan fingerprint density at radius 1 is 1.33 bits per heavy atom. The molecule has 0 radical (unpaired) electrons. The van der Waals surface area contributed by atoms with E-state index >= 15 is 0 Å². The van der Waals surface area contributed by atoms with E-state index in [1.54, 1.807) is 0 Å². The van der Waals surface area contributed by atoms with Crippen molar-refractivity contribution in [2.75, 3.05) is 13.2 Å². The Balaban J connectivity index is 1.91. The molecule has 4 heteroatoms. The van der Waals surface area contributed by atoms with E-state index in [1.165, 1.54) is 11.1 Å². The fourth-order valence-electron chi connectivity index (χ4n) is 5.50. The van der Waals surface area contributed by atoms with Gasteiger partial charge in [0.05, 0.1) is 5.57 Å². The molecule has 0 bridgehead atoms. The van der Waals surface area contributed by atoms with Gasteiger partial charge in [0, 0.05) is 6.61 Å². The summed E-state index contributed by atoms with van der Waals surface area (Å²) in [6.45, 7) is 7.08. The van der Waals surface area contributed by atoms with Crippen LogP contribution in [0, 0.1) is 16.7 Å².